The van der Waals surface area contributed by atoms with E-state index in [2.05, 4.69) is 0 Å². The van der Waals surface area contributed by atoms with E-state index in [1.54, 1.807) is 0 Å². The van der Waals surface area contributed by atoms with Gasteiger partial charge in [0.2, 0.25) is 10.0 Å². The molecule has 0 amide bonds. The van der Waals surface area contributed by atoms with Crippen LogP contribution in [0.15, 0.2) is 0 Å². The van der Waals surface area contributed by atoms with E-state index in [1.807, 2.05) is 27.7 Å². The van der Waals surface area contributed by atoms with Gasteiger partial charge in [-0.1, -0.05) is 27.7 Å². The second-order valence-corrected chi connectivity index (χ2v) is 8.13. The first-order chi connectivity index (χ1) is 7.10. The SMILES string of the molecule is CC1CN(CC(O)CC(C)(C)C)S(=O)(=O)C1. The van der Waals surface area contributed by atoms with Gasteiger partial charge in [-0.05, 0) is 17.8 Å². The van der Waals surface area contributed by atoms with Crippen molar-refractivity contribution >= 4 is 10.0 Å². The fourth-order valence-corrected chi connectivity index (χ4v) is 4.09. The van der Waals surface area contributed by atoms with Crippen LogP contribution in [0.2, 0.25) is 0 Å². The van der Waals surface area contributed by atoms with Gasteiger partial charge in [0.1, 0.15) is 0 Å². The van der Waals surface area contributed by atoms with Crippen LogP contribution in [0.5, 0.6) is 0 Å². The van der Waals surface area contributed by atoms with Gasteiger partial charge < -0.3 is 5.11 Å². The Morgan fingerprint density at radius 3 is 2.38 bits per heavy atom. The molecule has 1 aliphatic heterocycles. The van der Waals surface area contributed by atoms with Crippen molar-refractivity contribution in [3.63, 3.8) is 0 Å². The maximum absolute atomic E-state index is 11.7. The fourth-order valence-electron chi connectivity index (χ4n) is 2.17. The molecule has 0 aliphatic carbocycles. The number of β-amino-alcohol motifs (C(OH)–C–C–N with tert-alkyl or cyclic N) is 1. The predicted molar refractivity (Wildman–Crippen MR) is 64.6 cm³/mol. The van der Waals surface area contributed by atoms with Crippen molar-refractivity contribution in [1.82, 2.24) is 4.31 Å². The molecule has 2 unspecified atom stereocenters. The van der Waals surface area contributed by atoms with Crippen LogP contribution in [0.3, 0.4) is 0 Å². The topological polar surface area (TPSA) is 57.6 Å². The number of hydrogen-bond donors (Lipinski definition) is 1. The van der Waals surface area contributed by atoms with E-state index in [9.17, 15) is 13.5 Å². The zero-order valence-corrected chi connectivity index (χ0v) is 11.4. The summed E-state index contributed by atoms with van der Waals surface area (Å²) in [5.41, 5.74) is 0.0223. The molecule has 16 heavy (non-hydrogen) atoms. The van der Waals surface area contributed by atoms with Gasteiger partial charge in [-0.2, -0.15) is 4.31 Å². The maximum atomic E-state index is 11.7. The van der Waals surface area contributed by atoms with Crippen LogP contribution in [0, 0.1) is 11.3 Å². The third kappa shape index (κ3) is 4.03. The van der Waals surface area contributed by atoms with Crippen LogP contribution in [0.1, 0.15) is 34.1 Å². The minimum absolute atomic E-state index is 0.0223. The minimum Gasteiger partial charge on any atom is -0.392 e. The Morgan fingerprint density at radius 1 is 1.44 bits per heavy atom. The molecule has 0 aromatic heterocycles. The molecule has 1 fully saturated rings. The van der Waals surface area contributed by atoms with Crippen LogP contribution in [-0.4, -0.2) is 42.8 Å². The lowest BCUT2D eigenvalue weighted by atomic mass is 9.89. The molecule has 1 rings (SSSR count). The van der Waals surface area contributed by atoms with E-state index >= 15 is 0 Å². The van der Waals surface area contributed by atoms with Crippen molar-refractivity contribution in [2.24, 2.45) is 11.3 Å². The summed E-state index contributed by atoms with van der Waals surface area (Å²) in [7, 11) is -3.11. The molecule has 2 atom stereocenters. The largest absolute Gasteiger partial charge is 0.392 e. The molecule has 0 aromatic rings. The van der Waals surface area contributed by atoms with Crippen molar-refractivity contribution in [2.75, 3.05) is 18.8 Å². The summed E-state index contributed by atoms with van der Waals surface area (Å²) >= 11 is 0. The molecule has 0 bridgehead atoms. The van der Waals surface area contributed by atoms with Crippen molar-refractivity contribution < 1.29 is 13.5 Å². The predicted octanol–water partition coefficient (Wildman–Crippen LogP) is 1.06. The highest BCUT2D eigenvalue weighted by atomic mass is 32.2. The second-order valence-electron chi connectivity index (χ2n) is 6.12. The lowest BCUT2D eigenvalue weighted by molar-refractivity contribution is 0.101. The number of aliphatic hydroxyl groups is 1. The summed E-state index contributed by atoms with van der Waals surface area (Å²) in [4.78, 5) is 0. The highest BCUT2D eigenvalue weighted by molar-refractivity contribution is 7.89. The monoisotopic (exact) mass is 249 g/mol. The van der Waals surface area contributed by atoms with E-state index in [0.29, 0.717) is 13.0 Å². The molecular formula is C11H23NO3S. The summed E-state index contributed by atoms with van der Waals surface area (Å²) in [5.74, 6) is 0.390. The van der Waals surface area contributed by atoms with Crippen molar-refractivity contribution in [2.45, 2.75) is 40.2 Å². The van der Waals surface area contributed by atoms with Gasteiger partial charge >= 0.3 is 0 Å². The van der Waals surface area contributed by atoms with Crippen LogP contribution >= 0.6 is 0 Å². The summed E-state index contributed by atoms with van der Waals surface area (Å²) in [6, 6.07) is 0. The maximum Gasteiger partial charge on any atom is 0.214 e. The second kappa shape index (κ2) is 4.63. The van der Waals surface area contributed by atoms with Crippen molar-refractivity contribution in [1.29, 1.82) is 0 Å². The van der Waals surface area contributed by atoms with E-state index in [0.717, 1.165) is 0 Å². The Hall–Kier alpha value is -0.130. The zero-order chi connectivity index (χ0) is 12.6. The smallest absolute Gasteiger partial charge is 0.214 e. The van der Waals surface area contributed by atoms with E-state index in [4.69, 9.17) is 0 Å². The summed E-state index contributed by atoms with van der Waals surface area (Å²) in [6.07, 6.45) is 0.0491. The van der Waals surface area contributed by atoms with Gasteiger partial charge in [-0.15, -0.1) is 0 Å². The summed E-state index contributed by atoms with van der Waals surface area (Å²) in [5, 5.41) is 9.86. The number of nitrogens with zero attached hydrogens (tertiary/aromatic N) is 1. The average Bonchev–Trinajstić information content (AvgIpc) is 2.19. The molecule has 5 heteroatoms. The lowest BCUT2D eigenvalue weighted by Gasteiger charge is -2.25. The molecule has 96 valence electrons. The first-order valence-corrected chi connectivity index (χ1v) is 7.37. The first kappa shape index (κ1) is 13.9. The van der Waals surface area contributed by atoms with Gasteiger partial charge in [-0.3, -0.25) is 0 Å². The van der Waals surface area contributed by atoms with E-state index in [1.165, 1.54) is 4.31 Å². The number of sulfonamides is 1. The Labute approximate surface area is 98.7 Å². The molecule has 4 nitrogen and oxygen atoms in total. The van der Waals surface area contributed by atoms with Gasteiger partial charge in [0.25, 0.3) is 0 Å². The third-order valence-corrected chi connectivity index (χ3v) is 4.74. The number of aliphatic hydroxyl groups excluding tert-OH is 1. The molecule has 1 saturated heterocycles. The molecule has 0 saturated carbocycles. The van der Waals surface area contributed by atoms with Gasteiger partial charge in [0.15, 0.2) is 0 Å². The highest BCUT2D eigenvalue weighted by Gasteiger charge is 2.35. The van der Waals surface area contributed by atoms with Gasteiger partial charge in [0, 0.05) is 13.1 Å². The standard InChI is InChI=1S/C11H23NO3S/c1-9-6-12(16(14,15)8-9)7-10(13)5-11(2,3)4/h9-10,13H,5-8H2,1-4H3. The van der Waals surface area contributed by atoms with Crippen LogP contribution in [0.4, 0.5) is 0 Å². The molecule has 1 heterocycles. The van der Waals surface area contributed by atoms with Gasteiger partial charge in [0.05, 0.1) is 11.9 Å². The van der Waals surface area contributed by atoms with Crippen LogP contribution in [0.25, 0.3) is 0 Å². The lowest BCUT2D eigenvalue weighted by Crippen LogP contribution is -2.35. The molecule has 1 aliphatic rings. The normalized spacial score (nSPS) is 28.2. The average molecular weight is 249 g/mol. The number of rotatable bonds is 3. The summed E-state index contributed by atoms with van der Waals surface area (Å²) in [6.45, 7) is 8.83. The molecular weight excluding hydrogens is 226 g/mol. The van der Waals surface area contributed by atoms with Crippen molar-refractivity contribution in [3.05, 3.63) is 0 Å². The third-order valence-electron chi connectivity index (χ3n) is 2.67. The fraction of sp³-hybridized carbons (Fsp3) is 1.00. The van der Waals surface area contributed by atoms with E-state index in [-0.39, 0.29) is 23.6 Å². The minimum atomic E-state index is -3.11. The Bertz CT molecular complexity index is 332. The van der Waals surface area contributed by atoms with Crippen LogP contribution in [-0.2, 0) is 10.0 Å². The van der Waals surface area contributed by atoms with E-state index < -0.39 is 16.1 Å². The quantitative estimate of drug-likeness (QED) is 0.814. The van der Waals surface area contributed by atoms with Crippen molar-refractivity contribution in [3.8, 4) is 0 Å². The molecule has 0 radical (unpaired) electrons. The number of hydrogen-bond acceptors (Lipinski definition) is 3. The molecule has 0 spiro atoms. The van der Waals surface area contributed by atoms with Crippen LogP contribution < -0.4 is 0 Å². The summed E-state index contributed by atoms with van der Waals surface area (Å²) < 4.78 is 24.8. The Balaban J connectivity index is 2.55. The molecule has 1 N–H and O–H groups in total. The zero-order valence-electron chi connectivity index (χ0n) is 10.6. The van der Waals surface area contributed by atoms with Gasteiger partial charge in [-0.25, -0.2) is 8.42 Å². The first-order valence-electron chi connectivity index (χ1n) is 5.76. The Kier molecular flexibility index (Phi) is 4.03. The Morgan fingerprint density at radius 2 is 2.00 bits per heavy atom. The highest BCUT2D eigenvalue weighted by Crippen LogP contribution is 2.24. The molecule has 0 aromatic carbocycles.